The van der Waals surface area contributed by atoms with E-state index in [1.807, 2.05) is 0 Å². The third kappa shape index (κ3) is 13.6. The van der Waals surface area contributed by atoms with Crippen molar-refractivity contribution in [1.82, 2.24) is 16.0 Å². The second-order valence-corrected chi connectivity index (χ2v) is 7.66. The van der Waals surface area contributed by atoms with Crippen molar-refractivity contribution in [2.45, 2.75) is 56.3 Å². The fourth-order valence-corrected chi connectivity index (χ4v) is 2.83. The van der Waals surface area contributed by atoms with Crippen LogP contribution in [-0.2, 0) is 28.8 Å². The highest BCUT2D eigenvalue weighted by atomic mass is 32.1. The van der Waals surface area contributed by atoms with Gasteiger partial charge in [0.05, 0.1) is 12.5 Å². The van der Waals surface area contributed by atoms with E-state index in [-0.39, 0.29) is 43.9 Å². The summed E-state index contributed by atoms with van der Waals surface area (Å²) in [5.41, 5.74) is 15.9. The summed E-state index contributed by atoms with van der Waals surface area (Å²) in [4.78, 5) is 74.2. The number of carboxylic acid groups (broad SMARTS) is 3. The van der Waals surface area contributed by atoms with E-state index in [2.05, 4.69) is 33.6 Å². The minimum atomic E-state index is -1.68. The molecule has 3 amide bonds. The minimum absolute atomic E-state index is 0.0881. The lowest BCUT2D eigenvalue weighted by Gasteiger charge is -2.23. The van der Waals surface area contributed by atoms with E-state index >= 15 is 0 Å². The molecule has 4 unspecified atom stereocenters. The zero-order chi connectivity index (χ0) is 27.1. The number of rotatable bonds is 17. The van der Waals surface area contributed by atoms with Crippen LogP contribution in [0.4, 0.5) is 0 Å². The van der Waals surface area contributed by atoms with Crippen molar-refractivity contribution in [2.75, 3.05) is 12.3 Å². The largest absolute Gasteiger partial charge is 0.481 e. The van der Waals surface area contributed by atoms with Crippen LogP contribution in [-0.4, -0.2) is 93.4 Å². The van der Waals surface area contributed by atoms with Crippen molar-refractivity contribution in [1.29, 1.82) is 0 Å². The Morgan fingerprint density at radius 3 is 1.83 bits per heavy atom. The Kier molecular flexibility index (Phi) is 14.4. The maximum atomic E-state index is 12.6. The summed E-state index contributed by atoms with van der Waals surface area (Å²) in [6.45, 7) is 0.0925. The van der Waals surface area contributed by atoms with Gasteiger partial charge in [0, 0.05) is 18.7 Å². The number of carbonyl (C=O) groups excluding carboxylic acids is 3. The normalized spacial score (nSPS) is 13.9. The smallest absolute Gasteiger partial charge is 0.326 e. The van der Waals surface area contributed by atoms with Gasteiger partial charge in [0.15, 0.2) is 5.96 Å². The van der Waals surface area contributed by atoms with Gasteiger partial charge >= 0.3 is 17.9 Å². The number of carbonyl (C=O) groups is 6. The molecule has 0 aliphatic rings. The van der Waals surface area contributed by atoms with Gasteiger partial charge in [-0.3, -0.25) is 29.0 Å². The molecule has 0 aliphatic carbocycles. The van der Waals surface area contributed by atoms with Gasteiger partial charge in [-0.05, 0) is 19.3 Å². The quantitative estimate of drug-likeness (QED) is 0.0381. The van der Waals surface area contributed by atoms with Crippen molar-refractivity contribution in [3.63, 3.8) is 0 Å². The van der Waals surface area contributed by atoms with Crippen LogP contribution in [0.25, 0.3) is 0 Å². The van der Waals surface area contributed by atoms with Crippen molar-refractivity contribution < 1.29 is 44.1 Å². The molecule has 0 rings (SSSR count). The molecule has 0 bridgehead atoms. The van der Waals surface area contributed by atoms with Gasteiger partial charge in [-0.2, -0.15) is 12.6 Å². The van der Waals surface area contributed by atoms with Gasteiger partial charge in [-0.25, -0.2) is 4.79 Å². The first-order valence-electron chi connectivity index (χ1n) is 10.3. The predicted molar refractivity (Wildman–Crippen MR) is 124 cm³/mol. The van der Waals surface area contributed by atoms with Crippen LogP contribution in [0.1, 0.15) is 32.1 Å². The third-order valence-corrected chi connectivity index (χ3v) is 4.76. The molecular weight excluding hydrogens is 490 g/mol. The lowest BCUT2D eigenvalue weighted by atomic mass is 10.1. The van der Waals surface area contributed by atoms with E-state index in [0.29, 0.717) is 0 Å². The molecule has 0 aliphatic heterocycles. The summed E-state index contributed by atoms with van der Waals surface area (Å²) in [5.74, 6) is -7.43. The van der Waals surface area contributed by atoms with E-state index in [9.17, 15) is 33.9 Å². The number of hydrogen-bond donors (Lipinski definition) is 10. The Balaban J connectivity index is 5.24. The molecule has 0 aromatic rings. The van der Waals surface area contributed by atoms with Crippen molar-refractivity contribution in [2.24, 2.45) is 22.2 Å². The molecule has 0 aromatic heterocycles. The molecule has 0 heterocycles. The van der Waals surface area contributed by atoms with Crippen LogP contribution in [0.5, 0.6) is 0 Å². The molecule has 0 aromatic carbocycles. The van der Waals surface area contributed by atoms with E-state index in [1.54, 1.807) is 0 Å². The van der Waals surface area contributed by atoms with E-state index < -0.39 is 66.2 Å². The van der Waals surface area contributed by atoms with Gasteiger partial charge < -0.3 is 48.5 Å². The average molecular weight is 522 g/mol. The number of thiol groups is 1. The van der Waals surface area contributed by atoms with Crippen molar-refractivity contribution in [3.05, 3.63) is 0 Å². The first-order chi connectivity index (χ1) is 16.3. The van der Waals surface area contributed by atoms with Crippen LogP contribution < -0.4 is 33.2 Å². The zero-order valence-corrected chi connectivity index (χ0v) is 19.6. The second-order valence-electron chi connectivity index (χ2n) is 7.29. The van der Waals surface area contributed by atoms with Gasteiger partial charge in [0.2, 0.25) is 17.7 Å². The lowest BCUT2D eigenvalue weighted by molar-refractivity contribution is -0.144. The second kappa shape index (κ2) is 16.1. The topological polar surface area (TPSA) is 290 Å². The minimum Gasteiger partial charge on any atom is -0.481 e. The van der Waals surface area contributed by atoms with Crippen LogP contribution in [0, 0.1) is 0 Å². The molecule has 35 heavy (non-hydrogen) atoms. The Bertz CT molecular complexity index is 820. The number of hydrogen-bond acceptors (Lipinski definition) is 9. The fraction of sp³-hybridized carbons (Fsp3) is 0.611. The first-order valence-corrected chi connectivity index (χ1v) is 10.9. The van der Waals surface area contributed by atoms with Crippen LogP contribution in [0.15, 0.2) is 4.99 Å². The van der Waals surface area contributed by atoms with Crippen LogP contribution in [0.3, 0.4) is 0 Å². The Labute approximate surface area is 205 Å². The van der Waals surface area contributed by atoms with Gasteiger partial charge in [0.1, 0.15) is 18.1 Å². The van der Waals surface area contributed by atoms with Gasteiger partial charge in [0.25, 0.3) is 0 Å². The number of nitrogens with one attached hydrogen (secondary N) is 3. The van der Waals surface area contributed by atoms with Gasteiger partial charge in [-0.1, -0.05) is 0 Å². The molecular formula is C18H31N7O9S. The number of guanidine groups is 1. The average Bonchev–Trinajstić information content (AvgIpc) is 2.75. The molecule has 198 valence electrons. The summed E-state index contributed by atoms with van der Waals surface area (Å²) in [5, 5.41) is 33.6. The number of nitrogens with two attached hydrogens (primary N) is 3. The molecule has 16 nitrogen and oxygen atoms in total. The number of amides is 3. The van der Waals surface area contributed by atoms with Crippen LogP contribution in [0.2, 0.25) is 0 Å². The van der Waals surface area contributed by atoms with E-state index in [1.165, 1.54) is 0 Å². The molecule has 0 spiro atoms. The van der Waals surface area contributed by atoms with Gasteiger partial charge in [-0.15, -0.1) is 0 Å². The molecule has 0 radical (unpaired) electrons. The summed E-state index contributed by atoms with van der Waals surface area (Å²) in [6, 6.07) is -5.69. The molecule has 4 atom stereocenters. The third-order valence-electron chi connectivity index (χ3n) is 4.39. The SMILES string of the molecule is NC(N)=NCCCC(NC(=O)C(CC(=O)O)NC(=O)C(CS)NC(=O)C(N)CCC(=O)O)C(=O)O. The fourth-order valence-electron chi connectivity index (χ4n) is 2.57. The Hall–Kier alpha value is -3.60. The number of aliphatic imine (C=N–C) groups is 1. The summed E-state index contributed by atoms with van der Waals surface area (Å²) >= 11 is 3.94. The zero-order valence-electron chi connectivity index (χ0n) is 18.7. The van der Waals surface area contributed by atoms with E-state index in [0.717, 1.165) is 0 Å². The van der Waals surface area contributed by atoms with Crippen molar-refractivity contribution in [3.8, 4) is 0 Å². The Morgan fingerprint density at radius 2 is 1.34 bits per heavy atom. The highest BCUT2D eigenvalue weighted by Crippen LogP contribution is 2.03. The molecule has 0 fully saturated rings. The highest BCUT2D eigenvalue weighted by Gasteiger charge is 2.31. The maximum Gasteiger partial charge on any atom is 0.326 e. The maximum absolute atomic E-state index is 12.6. The monoisotopic (exact) mass is 521 g/mol. The Morgan fingerprint density at radius 1 is 0.800 bits per heavy atom. The number of nitrogens with zero attached hydrogens (tertiary/aromatic N) is 1. The highest BCUT2D eigenvalue weighted by molar-refractivity contribution is 7.80. The number of aliphatic carboxylic acids is 3. The summed E-state index contributed by atoms with van der Waals surface area (Å²) < 4.78 is 0. The lowest BCUT2D eigenvalue weighted by Crippen LogP contribution is -2.58. The molecule has 0 saturated carbocycles. The molecule has 12 N–H and O–H groups in total. The van der Waals surface area contributed by atoms with E-state index in [4.69, 9.17) is 27.4 Å². The predicted octanol–water partition coefficient (Wildman–Crippen LogP) is -3.82. The molecule has 0 saturated heterocycles. The standard InChI is InChI=1S/C18H31N7O9S/c19-8(3-4-12(26)27)14(30)25-11(7-35)16(32)24-10(6-13(28)29)15(31)23-9(17(33)34)2-1-5-22-18(20)21/h8-11,35H,1-7,19H2,(H,23,31)(H,24,32)(H,25,30)(H,26,27)(H,28,29)(H,33,34)(H4,20,21,22). The summed E-state index contributed by atoms with van der Waals surface area (Å²) in [6.07, 6.45) is -1.38. The number of carboxylic acids is 3. The summed E-state index contributed by atoms with van der Waals surface area (Å²) in [7, 11) is 0. The van der Waals surface area contributed by atoms with Crippen molar-refractivity contribution >= 4 is 54.2 Å². The first kappa shape index (κ1) is 31.4. The molecule has 17 heteroatoms. The van der Waals surface area contributed by atoms with Crippen LogP contribution >= 0.6 is 12.6 Å².